The molecule has 0 aliphatic carbocycles. The highest BCUT2D eigenvalue weighted by atomic mass is 33.1. The van der Waals surface area contributed by atoms with E-state index in [1.165, 1.54) is 0 Å². The minimum absolute atomic E-state index is 0.194. The van der Waals surface area contributed by atoms with Crippen molar-refractivity contribution in [2.45, 2.75) is 51.0 Å². The van der Waals surface area contributed by atoms with Crippen LogP contribution in [0.5, 0.6) is 0 Å². The lowest BCUT2D eigenvalue weighted by molar-refractivity contribution is 0.438. The number of halogens is 1. The minimum atomic E-state index is -0.194. The molecule has 0 amide bonds. The molecule has 0 heterocycles. The van der Waals surface area contributed by atoms with E-state index >= 15 is 0 Å². The largest absolute Gasteiger partial charge is 0.251 e. The molecule has 0 saturated heterocycles. The van der Waals surface area contributed by atoms with Crippen LogP contribution in [-0.4, -0.2) is 16.7 Å². The van der Waals surface area contributed by atoms with Crippen LogP contribution in [0.3, 0.4) is 0 Å². The Morgan fingerprint density at radius 3 is 2.08 bits per heavy atom. The SMILES string of the molecule is CC(C)C(CCF)SSC(C)(C)C. The maximum absolute atomic E-state index is 12.2. The molecule has 0 aromatic rings. The Bertz CT molecular complexity index is 129. The third kappa shape index (κ3) is 7.68. The normalized spacial score (nSPS) is 15.0. The van der Waals surface area contributed by atoms with Gasteiger partial charge in [0, 0.05) is 10.00 Å². The fourth-order valence-electron chi connectivity index (χ4n) is 0.806. The molecule has 0 saturated carbocycles. The minimum Gasteiger partial charge on any atom is -0.251 e. The van der Waals surface area contributed by atoms with Crippen LogP contribution >= 0.6 is 21.6 Å². The first kappa shape index (κ1) is 13.6. The summed E-state index contributed by atoms with van der Waals surface area (Å²) in [6, 6.07) is 0. The maximum Gasteiger partial charge on any atom is 0.0905 e. The first-order valence-electron chi connectivity index (χ1n) is 4.77. The van der Waals surface area contributed by atoms with Gasteiger partial charge in [-0.15, -0.1) is 0 Å². The summed E-state index contributed by atoms with van der Waals surface area (Å²) >= 11 is 0. The summed E-state index contributed by atoms with van der Waals surface area (Å²) < 4.78 is 12.5. The standard InChI is InChI=1S/C10H21FS2/c1-8(2)9(6-7-11)12-13-10(3,4)5/h8-9H,6-7H2,1-5H3. The average molecular weight is 224 g/mol. The third-order valence-corrected chi connectivity index (χ3v) is 5.71. The van der Waals surface area contributed by atoms with E-state index < -0.39 is 0 Å². The molecule has 80 valence electrons. The van der Waals surface area contributed by atoms with Crippen molar-refractivity contribution in [2.24, 2.45) is 5.92 Å². The zero-order chi connectivity index (χ0) is 10.5. The maximum atomic E-state index is 12.2. The van der Waals surface area contributed by atoms with Crippen LogP contribution in [0.4, 0.5) is 4.39 Å². The Morgan fingerprint density at radius 1 is 1.23 bits per heavy atom. The zero-order valence-corrected chi connectivity index (χ0v) is 10.9. The van der Waals surface area contributed by atoms with Crippen LogP contribution < -0.4 is 0 Å². The quantitative estimate of drug-likeness (QED) is 0.628. The monoisotopic (exact) mass is 224 g/mol. The van der Waals surface area contributed by atoms with Gasteiger partial charge >= 0.3 is 0 Å². The fourth-order valence-corrected chi connectivity index (χ4v) is 3.82. The molecule has 1 atom stereocenters. The number of hydrogen-bond donors (Lipinski definition) is 0. The summed E-state index contributed by atoms with van der Waals surface area (Å²) in [5.74, 6) is 0.565. The summed E-state index contributed by atoms with van der Waals surface area (Å²) in [4.78, 5) is 0. The lowest BCUT2D eigenvalue weighted by Crippen LogP contribution is -2.13. The molecule has 0 radical (unpaired) electrons. The molecule has 13 heavy (non-hydrogen) atoms. The lowest BCUT2D eigenvalue weighted by Gasteiger charge is -2.23. The van der Waals surface area contributed by atoms with Crippen LogP contribution in [0.15, 0.2) is 0 Å². The van der Waals surface area contributed by atoms with Crippen molar-refractivity contribution in [3.63, 3.8) is 0 Å². The van der Waals surface area contributed by atoms with Gasteiger partial charge in [-0.05, 0) is 12.3 Å². The Balaban J connectivity index is 3.82. The molecule has 0 fully saturated rings. The molecule has 0 aliphatic rings. The van der Waals surface area contributed by atoms with E-state index in [2.05, 4.69) is 34.6 Å². The van der Waals surface area contributed by atoms with Gasteiger partial charge < -0.3 is 0 Å². The molecular weight excluding hydrogens is 203 g/mol. The Morgan fingerprint density at radius 2 is 1.77 bits per heavy atom. The fraction of sp³-hybridized carbons (Fsp3) is 1.00. The summed E-state index contributed by atoms with van der Waals surface area (Å²) in [7, 11) is 3.70. The molecule has 3 heteroatoms. The molecule has 0 spiro atoms. The van der Waals surface area contributed by atoms with Gasteiger partial charge in [-0.2, -0.15) is 0 Å². The van der Waals surface area contributed by atoms with Gasteiger partial charge in [0.15, 0.2) is 0 Å². The first-order valence-corrected chi connectivity index (χ1v) is 6.98. The molecule has 0 N–H and O–H groups in total. The summed E-state index contributed by atoms with van der Waals surface area (Å²) in [6.45, 7) is 10.7. The van der Waals surface area contributed by atoms with E-state index in [0.717, 1.165) is 0 Å². The Labute approximate surface area is 89.8 Å². The average Bonchev–Trinajstić information content (AvgIpc) is 1.95. The second-order valence-corrected chi connectivity index (χ2v) is 7.82. The van der Waals surface area contributed by atoms with E-state index in [1.54, 1.807) is 0 Å². The molecule has 1 unspecified atom stereocenters. The van der Waals surface area contributed by atoms with Crippen molar-refractivity contribution in [3.8, 4) is 0 Å². The second kappa shape index (κ2) is 6.18. The highest BCUT2D eigenvalue weighted by Gasteiger charge is 2.18. The van der Waals surface area contributed by atoms with Crippen LogP contribution in [0.1, 0.15) is 41.0 Å². The molecule has 0 bridgehead atoms. The summed E-state index contributed by atoms with van der Waals surface area (Å²) in [5, 5.41) is 0.453. The van der Waals surface area contributed by atoms with Crippen molar-refractivity contribution < 1.29 is 4.39 Å². The van der Waals surface area contributed by atoms with Crippen molar-refractivity contribution in [2.75, 3.05) is 6.67 Å². The van der Waals surface area contributed by atoms with Crippen molar-refractivity contribution >= 4 is 21.6 Å². The van der Waals surface area contributed by atoms with Crippen LogP contribution in [0.25, 0.3) is 0 Å². The predicted molar refractivity (Wildman–Crippen MR) is 64.2 cm³/mol. The van der Waals surface area contributed by atoms with Gasteiger partial charge in [0.1, 0.15) is 0 Å². The Kier molecular flexibility index (Phi) is 6.48. The molecule has 0 rings (SSSR count). The van der Waals surface area contributed by atoms with Gasteiger partial charge in [0.25, 0.3) is 0 Å². The molecule has 0 aliphatic heterocycles. The molecule has 0 aromatic heterocycles. The highest BCUT2D eigenvalue weighted by Crippen LogP contribution is 2.41. The van der Waals surface area contributed by atoms with Crippen molar-refractivity contribution in [3.05, 3.63) is 0 Å². The zero-order valence-electron chi connectivity index (χ0n) is 9.26. The van der Waals surface area contributed by atoms with E-state index in [9.17, 15) is 4.39 Å². The topological polar surface area (TPSA) is 0 Å². The van der Waals surface area contributed by atoms with Gasteiger partial charge in [0.2, 0.25) is 0 Å². The summed E-state index contributed by atoms with van der Waals surface area (Å²) in [5.41, 5.74) is 0. The van der Waals surface area contributed by atoms with Gasteiger partial charge in [0.05, 0.1) is 6.67 Å². The third-order valence-electron chi connectivity index (χ3n) is 1.56. The van der Waals surface area contributed by atoms with Gasteiger partial charge in [-0.1, -0.05) is 56.2 Å². The van der Waals surface area contributed by atoms with Crippen LogP contribution in [-0.2, 0) is 0 Å². The van der Waals surface area contributed by atoms with E-state index in [-0.39, 0.29) is 11.4 Å². The van der Waals surface area contributed by atoms with Crippen molar-refractivity contribution in [1.29, 1.82) is 0 Å². The second-order valence-electron chi connectivity index (χ2n) is 4.55. The molecule has 0 nitrogen and oxygen atoms in total. The van der Waals surface area contributed by atoms with Crippen molar-refractivity contribution in [1.82, 2.24) is 0 Å². The lowest BCUT2D eigenvalue weighted by atomic mass is 10.1. The predicted octanol–water partition coefficient (Wildman–Crippen LogP) is 4.55. The smallest absolute Gasteiger partial charge is 0.0905 e. The van der Waals surface area contributed by atoms with E-state index in [1.807, 2.05) is 21.6 Å². The summed E-state index contributed by atoms with van der Waals surface area (Å²) in [6.07, 6.45) is 0.686. The van der Waals surface area contributed by atoms with E-state index in [0.29, 0.717) is 17.6 Å². The van der Waals surface area contributed by atoms with Crippen LogP contribution in [0.2, 0.25) is 0 Å². The molecule has 0 aromatic carbocycles. The number of rotatable bonds is 5. The number of hydrogen-bond acceptors (Lipinski definition) is 2. The first-order chi connectivity index (χ1) is 5.87. The van der Waals surface area contributed by atoms with E-state index in [4.69, 9.17) is 0 Å². The number of alkyl halides is 1. The van der Waals surface area contributed by atoms with Crippen LogP contribution in [0, 0.1) is 5.92 Å². The van der Waals surface area contributed by atoms with Gasteiger partial charge in [-0.3, -0.25) is 4.39 Å². The highest BCUT2D eigenvalue weighted by molar-refractivity contribution is 8.77. The van der Waals surface area contributed by atoms with Gasteiger partial charge in [-0.25, -0.2) is 0 Å². The Hall–Kier alpha value is 0.630. The molecular formula is C10H21FS2.